The van der Waals surface area contributed by atoms with Gasteiger partial charge < -0.3 is 15.7 Å². The van der Waals surface area contributed by atoms with Crippen molar-refractivity contribution in [1.82, 2.24) is 10.6 Å². The van der Waals surface area contributed by atoms with Gasteiger partial charge in [0.05, 0.1) is 13.2 Å². The van der Waals surface area contributed by atoms with Crippen LogP contribution in [-0.2, 0) is 6.42 Å². The lowest BCUT2D eigenvalue weighted by molar-refractivity contribution is 0.268. The summed E-state index contributed by atoms with van der Waals surface area (Å²) in [4.78, 5) is 4.62. The highest BCUT2D eigenvalue weighted by Gasteiger charge is 2.09. The predicted octanol–water partition coefficient (Wildman–Crippen LogP) is 3.21. The van der Waals surface area contributed by atoms with Crippen LogP contribution in [0.5, 0.6) is 0 Å². The number of aliphatic imine (C=N–C) groups is 1. The predicted molar refractivity (Wildman–Crippen MR) is 105 cm³/mol. The van der Waals surface area contributed by atoms with Gasteiger partial charge in [-0.25, -0.2) is 0 Å². The normalized spacial score (nSPS) is 12.7. The van der Waals surface area contributed by atoms with E-state index in [9.17, 15) is 5.11 Å². The fourth-order valence-corrected chi connectivity index (χ4v) is 2.64. The van der Waals surface area contributed by atoms with E-state index in [4.69, 9.17) is 11.6 Å². The molecule has 0 spiro atoms. The third kappa shape index (κ3) is 6.77. The number of guanidine groups is 1. The Morgan fingerprint density at radius 1 is 1.08 bits per heavy atom. The van der Waals surface area contributed by atoms with Crippen molar-refractivity contribution < 1.29 is 5.11 Å². The van der Waals surface area contributed by atoms with Crippen molar-refractivity contribution in [2.24, 2.45) is 4.99 Å². The molecule has 5 heteroatoms. The first-order valence-electron chi connectivity index (χ1n) is 8.65. The SMILES string of the molecule is CCNC(=NCC(CO)c1ccccc1)NCCc1ccc(Cl)cc1. The van der Waals surface area contributed by atoms with E-state index in [2.05, 4.69) is 15.6 Å². The number of nitrogens with one attached hydrogen (secondary N) is 2. The van der Waals surface area contributed by atoms with E-state index in [0.29, 0.717) is 6.54 Å². The average molecular weight is 360 g/mol. The van der Waals surface area contributed by atoms with Gasteiger partial charge >= 0.3 is 0 Å². The highest BCUT2D eigenvalue weighted by molar-refractivity contribution is 6.30. The van der Waals surface area contributed by atoms with E-state index in [1.54, 1.807) is 0 Å². The van der Waals surface area contributed by atoms with Crippen LogP contribution in [-0.4, -0.2) is 37.3 Å². The van der Waals surface area contributed by atoms with Crippen molar-refractivity contribution >= 4 is 17.6 Å². The molecule has 0 saturated carbocycles. The second-order valence-electron chi connectivity index (χ2n) is 5.81. The number of hydrogen-bond donors (Lipinski definition) is 3. The first-order chi connectivity index (χ1) is 12.2. The van der Waals surface area contributed by atoms with Gasteiger partial charge in [-0.15, -0.1) is 0 Å². The summed E-state index contributed by atoms with van der Waals surface area (Å²) in [5.74, 6) is 0.777. The van der Waals surface area contributed by atoms with Crippen molar-refractivity contribution in [3.8, 4) is 0 Å². The summed E-state index contributed by atoms with van der Waals surface area (Å²) in [5, 5.41) is 17.0. The summed E-state index contributed by atoms with van der Waals surface area (Å²) in [6, 6.07) is 17.9. The molecule has 2 rings (SSSR count). The summed E-state index contributed by atoms with van der Waals surface area (Å²) < 4.78 is 0. The standard InChI is InChI=1S/C20H26ClN3O/c1-2-22-20(23-13-12-16-8-10-19(21)11-9-16)24-14-18(15-25)17-6-4-3-5-7-17/h3-11,18,25H,2,12-15H2,1H3,(H2,22,23,24). The number of aliphatic hydroxyl groups excluding tert-OH is 1. The zero-order chi connectivity index (χ0) is 17.9. The van der Waals surface area contributed by atoms with Crippen molar-refractivity contribution in [1.29, 1.82) is 0 Å². The molecule has 134 valence electrons. The molecular formula is C20H26ClN3O. The third-order valence-corrected chi connectivity index (χ3v) is 4.18. The number of benzene rings is 2. The molecule has 0 bridgehead atoms. The fraction of sp³-hybridized carbons (Fsp3) is 0.350. The van der Waals surface area contributed by atoms with Gasteiger partial charge in [-0.2, -0.15) is 0 Å². The summed E-state index contributed by atoms with van der Waals surface area (Å²) in [6.07, 6.45) is 0.893. The van der Waals surface area contributed by atoms with Crippen molar-refractivity contribution in [3.05, 3.63) is 70.7 Å². The number of aliphatic hydroxyl groups is 1. The number of nitrogens with zero attached hydrogens (tertiary/aromatic N) is 1. The van der Waals surface area contributed by atoms with Crippen LogP contribution in [0.4, 0.5) is 0 Å². The maximum atomic E-state index is 9.65. The Morgan fingerprint density at radius 2 is 1.80 bits per heavy atom. The Hall–Kier alpha value is -2.04. The lowest BCUT2D eigenvalue weighted by Crippen LogP contribution is -2.38. The van der Waals surface area contributed by atoms with Gasteiger partial charge in [-0.1, -0.05) is 54.1 Å². The van der Waals surface area contributed by atoms with Crippen LogP contribution in [0.2, 0.25) is 5.02 Å². The molecule has 0 aliphatic carbocycles. The van der Waals surface area contributed by atoms with Crippen LogP contribution in [0, 0.1) is 0 Å². The minimum Gasteiger partial charge on any atom is -0.396 e. The molecular weight excluding hydrogens is 334 g/mol. The van der Waals surface area contributed by atoms with Gasteiger partial charge in [0.25, 0.3) is 0 Å². The van der Waals surface area contributed by atoms with Crippen LogP contribution in [0.3, 0.4) is 0 Å². The lowest BCUT2D eigenvalue weighted by atomic mass is 10.0. The molecule has 0 aliphatic rings. The second kappa shape index (κ2) is 10.7. The van der Waals surface area contributed by atoms with Crippen LogP contribution < -0.4 is 10.6 Å². The molecule has 0 amide bonds. The molecule has 3 N–H and O–H groups in total. The molecule has 1 unspecified atom stereocenters. The first kappa shape index (κ1) is 19.3. The Labute approximate surface area is 155 Å². The van der Waals surface area contributed by atoms with Crippen molar-refractivity contribution in [2.75, 3.05) is 26.2 Å². The topological polar surface area (TPSA) is 56.7 Å². The van der Waals surface area contributed by atoms with Gasteiger partial charge in [-0.3, -0.25) is 4.99 Å². The first-order valence-corrected chi connectivity index (χ1v) is 9.03. The minimum absolute atomic E-state index is 0.00733. The maximum absolute atomic E-state index is 9.65. The summed E-state index contributed by atoms with van der Waals surface area (Å²) >= 11 is 5.91. The summed E-state index contributed by atoms with van der Waals surface area (Å²) in [7, 11) is 0. The molecule has 0 aromatic heterocycles. The smallest absolute Gasteiger partial charge is 0.191 e. The molecule has 4 nitrogen and oxygen atoms in total. The minimum atomic E-state index is 0.00733. The zero-order valence-electron chi connectivity index (χ0n) is 14.6. The Kier molecular flexibility index (Phi) is 8.29. The quantitative estimate of drug-likeness (QED) is 0.501. The van der Waals surface area contributed by atoms with Crippen LogP contribution in [0.25, 0.3) is 0 Å². The average Bonchev–Trinajstić information content (AvgIpc) is 2.64. The molecule has 0 fully saturated rings. The number of rotatable bonds is 8. The van der Waals surface area contributed by atoms with E-state index < -0.39 is 0 Å². The fourth-order valence-electron chi connectivity index (χ4n) is 2.51. The number of hydrogen-bond acceptors (Lipinski definition) is 2. The Morgan fingerprint density at radius 3 is 2.44 bits per heavy atom. The second-order valence-corrected chi connectivity index (χ2v) is 6.25. The van der Waals surface area contributed by atoms with E-state index in [1.807, 2.05) is 61.5 Å². The summed E-state index contributed by atoms with van der Waals surface area (Å²) in [5.41, 5.74) is 2.33. The van der Waals surface area contributed by atoms with Gasteiger partial charge in [-0.05, 0) is 36.6 Å². The van der Waals surface area contributed by atoms with Gasteiger partial charge in [0.15, 0.2) is 5.96 Å². The lowest BCUT2D eigenvalue weighted by Gasteiger charge is -2.15. The molecule has 1 atom stereocenters. The summed E-state index contributed by atoms with van der Waals surface area (Å²) in [6.45, 7) is 4.23. The van der Waals surface area contributed by atoms with Crippen LogP contribution in [0.1, 0.15) is 24.0 Å². The highest BCUT2D eigenvalue weighted by atomic mass is 35.5. The van der Waals surface area contributed by atoms with Crippen molar-refractivity contribution in [3.63, 3.8) is 0 Å². The monoisotopic (exact) mass is 359 g/mol. The van der Waals surface area contributed by atoms with E-state index in [0.717, 1.165) is 36.1 Å². The molecule has 0 aliphatic heterocycles. The molecule has 2 aromatic carbocycles. The van der Waals surface area contributed by atoms with E-state index in [-0.39, 0.29) is 12.5 Å². The molecule has 25 heavy (non-hydrogen) atoms. The largest absolute Gasteiger partial charge is 0.396 e. The van der Waals surface area contributed by atoms with Crippen molar-refractivity contribution in [2.45, 2.75) is 19.3 Å². The van der Waals surface area contributed by atoms with Gasteiger partial charge in [0.2, 0.25) is 0 Å². The van der Waals surface area contributed by atoms with E-state index >= 15 is 0 Å². The van der Waals surface area contributed by atoms with E-state index in [1.165, 1.54) is 5.56 Å². The maximum Gasteiger partial charge on any atom is 0.191 e. The molecule has 0 saturated heterocycles. The molecule has 0 radical (unpaired) electrons. The van der Waals surface area contributed by atoms with Crippen LogP contribution in [0.15, 0.2) is 59.6 Å². The Bertz CT molecular complexity index is 644. The zero-order valence-corrected chi connectivity index (χ0v) is 15.3. The number of halogens is 1. The molecule has 2 aromatic rings. The van der Waals surface area contributed by atoms with Gasteiger partial charge in [0.1, 0.15) is 0 Å². The highest BCUT2D eigenvalue weighted by Crippen LogP contribution is 2.15. The Balaban J connectivity index is 1.89. The van der Waals surface area contributed by atoms with Gasteiger partial charge in [0, 0.05) is 24.0 Å². The molecule has 0 heterocycles. The van der Waals surface area contributed by atoms with Crippen LogP contribution >= 0.6 is 11.6 Å². The third-order valence-electron chi connectivity index (χ3n) is 3.92.